The van der Waals surface area contributed by atoms with Crippen LogP contribution in [-0.2, 0) is 6.42 Å². The monoisotopic (exact) mass is 333 g/mol. The molecule has 4 nitrogen and oxygen atoms in total. The molecule has 1 aliphatic rings. The minimum Gasteiger partial charge on any atom is -0.396 e. The maximum atomic E-state index is 9.16. The van der Waals surface area contributed by atoms with Crippen LogP contribution in [0.2, 0.25) is 0 Å². The number of nitrogens with one attached hydrogen (secondary N) is 2. The van der Waals surface area contributed by atoms with Crippen molar-refractivity contribution in [3.8, 4) is 0 Å². The van der Waals surface area contributed by atoms with E-state index >= 15 is 0 Å². The Labute approximate surface area is 147 Å². The van der Waals surface area contributed by atoms with Crippen LogP contribution in [0.3, 0.4) is 0 Å². The molecule has 2 rings (SSSR count). The van der Waals surface area contributed by atoms with Gasteiger partial charge in [0.2, 0.25) is 0 Å². The lowest BCUT2D eigenvalue weighted by Crippen LogP contribution is -2.58. The molecule has 1 aromatic carbocycles. The van der Waals surface area contributed by atoms with Crippen molar-refractivity contribution in [3.63, 3.8) is 0 Å². The third-order valence-electron chi connectivity index (χ3n) is 5.25. The quantitative estimate of drug-likeness (QED) is 0.680. The van der Waals surface area contributed by atoms with E-state index in [1.807, 2.05) is 0 Å². The largest absolute Gasteiger partial charge is 0.396 e. The lowest BCUT2D eigenvalue weighted by atomic mass is 9.97. The molecule has 1 fully saturated rings. The van der Waals surface area contributed by atoms with Crippen LogP contribution in [0.4, 0.5) is 0 Å². The fourth-order valence-electron chi connectivity index (χ4n) is 3.75. The Morgan fingerprint density at radius 1 is 1.38 bits per heavy atom. The molecular formula is C20H35N3O. The standard InChI is InChI=1S/C20H35N3O/c1-15-7-8-18(16(2)10-15)11-19(21-4)14-23-13-17(3)22-12-20(23)6-5-9-24/h7-8,10,17,19-22,24H,5-6,9,11-14H2,1-4H3/t17-,19-,20+/m1/s1. The van der Waals surface area contributed by atoms with Crippen LogP contribution in [0.1, 0.15) is 36.5 Å². The summed E-state index contributed by atoms with van der Waals surface area (Å²) in [7, 11) is 2.07. The highest BCUT2D eigenvalue weighted by atomic mass is 16.2. The zero-order valence-electron chi connectivity index (χ0n) is 15.8. The molecule has 0 spiro atoms. The van der Waals surface area contributed by atoms with E-state index in [1.54, 1.807) is 0 Å². The molecule has 0 aromatic heterocycles. The van der Waals surface area contributed by atoms with Crippen LogP contribution >= 0.6 is 0 Å². The summed E-state index contributed by atoms with van der Waals surface area (Å²) in [5.41, 5.74) is 4.16. The number of aliphatic hydroxyl groups is 1. The van der Waals surface area contributed by atoms with Crippen LogP contribution in [-0.4, -0.2) is 61.4 Å². The highest BCUT2D eigenvalue weighted by Crippen LogP contribution is 2.16. The molecule has 0 unspecified atom stereocenters. The normalized spacial score (nSPS) is 23.4. The van der Waals surface area contributed by atoms with E-state index in [1.165, 1.54) is 16.7 Å². The number of likely N-dealkylation sites (N-methyl/N-ethyl adjacent to an activating group) is 1. The van der Waals surface area contributed by atoms with E-state index in [2.05, 4.69) is 61.6 Å². The first-order valence-corrected chi connectivity index (χ1v) is 9.35. The molecule has 1 aromatic rings. The van der Waals surface area contributed by atoms with Crippen molar-refractivity contribution >= 4 is 0 Å². The summed E-state index contributed by atoms with van der Waals surface area (Å²) in [4.78, 5) is 2.61. The van der Waals surface area contributed by atoms with Gasteiger partial charge in [-0.25, -0.2) is 0 Å². The van der Waals surface area contributed by atoms with Gasteiger partial charge in [0, 0.05) is 44.4 Å². The number of hydrogen-bond donors (Lipinski definition) is 3. The van der Waals surface area contributed by atoms with Crippen LogP contribution in [0.25, 0.3) is 0 Å². The smallest absolute Gasteiger partial charge is 0.0431 e. The number of piperazine rings is 1. The Kier molecular flexibility index (Phi) is 7.69. The lowest BCUT2D eigenvalue weighted by Gasteiger charge is -2.41. The molecule has 1 aliphatic heterocycles. The van der Waals surface area contributed by atoms with Gasteiger partial charge in [-0.15, -0.1) is 0 Å². The van der Waals surface area contributed by atoms with Gasteiger partial charge in [-0.2, -0.15) is 0 Å². The molecule has 24 heavy (non-hydrogen) atoms. The van der Waals surface area contributed by atoms with E-state index < -0.39 is 0 Å². The summed E-state index contributed by atoms with van der Waals surface area (Å²) < 4.78 is 0. The van der Waals surface area contributed by atoms with Crippen LogP contribution < -0.4 is 10.6 Å². The second-order valence-electron chi connectivity index (χ2n) is 7.40. The van der Waals surface area contributed by atoms with Gasteiger partial charge in [0.25, 0.3) is 0 Å². The highest BCUT2D eigenvalue weighted by Gasteiger charge is 2.27. The average Bonchev–Trinajstić information content (AvgIpc) is 2.55. The fraction of sp³-hybridized carbons (Fsp3) is 0.700. The topological polar surface area (TPSA) is 47.5 Å². The Balaban J connectivity index is 2.00. The van der Waals surface area contributed by atoms with Crippen molar-refractivity contribution in [1.29, 1.82) is 0 Å². The number of benzene rings is 1. The molecule has 0 aliphatic carbocycles. The van der Waals surface area contributed by atoms with Crippen molar-refractivity contribution in [2.75, 3.05) is 33.3 Å². The molecule has 0 saturated carbocycles. The molecule has 3 atom stereocenters. The SMILES string of the molecule is CN[C@H](Cc1ccc(C)cc1C)CN1C[C@@H](C)NC[C@@H]1CCCO. The Hall–Kier alpha value is -0.940. The molecule has 1 saturated heterocycles. The molecule has 0 radical (unpaired) electrons. The van der Waals surface area contributed by atoms with Crippen LogP contribution in [0.5, 0.6) is 0 Å². The van der Waals surface area contributed by atoms with E-state index in [4.69, 9.17) is 5.11 Å². The number of nitrogens with zero attached hydrogens (tertiary/aromatic N) is 1. The third kappa shape index (κ3) is 5.55. The fourth-order valence-corrected chi connectivity index (χ4v) is 3.75. The van der Waals surface area contributed by atoms with Gasteiger partial charge in [-0.05, 0) is 58.2 Å². The summed E-state index contributed by atoms with van der Waals surface area (Å²) in [6.45, 7) is 10.1. The summed E-state index contributed by atoms with van der Waals surface area (Å²) in [6.07, 6.45) is 3.02. The molecule has 4 heteroatoms. The summed E-state index contributed by atoms with van der Waals surface area (Å²) in [6, 6.07) is 8.29. The van der Waals surface area contributed by atoms with E-state index in [0.29, 0.717) is 18.1 Å². The van der Waals surface area contributed by atoms with E-state index in [0.717, 1.165) is 38.9 Å². The van der Waals surface area contributed by atoms with Gasteiger partial charge in [0.1, 0.15) is 0 Å². The number of aliphatic hydroxyl groups excluding tert-OH is 1. The van der Waals surface area contributed by atoms with Gasteiger partial charge in [0.15, 0.2) is 0 Å². The zero-order chi connectivity index (χ0) is 17.5. The highest BCUT2D eigenvalue weighted by molar-refractivity contribution is 5.31. The molecule has 1 heterocycles. The minimum absolute atomic E-state index is 0.290. The number of hydrogen-bond acceptors (Lipinski definition) is 4. The van der Waals surface area contributed by atoms with Gasteiger partial charge in [-0.3, -0.25) is 4.90 Å². The predicted molar refractivity (Wildman–Crippen MR) is 102 cm³/mol. The third-order valence-corrected chi connectivity index (χ3v) is 5.25. The van der Waals surface area contributed by atoms with Crippen LogP contribution in [0, 0.1) is 13.8 Å². The first-order chi connectivity index (χ1) is 11.5. The van der Waals surface area contributed by atoms with Crippen molar-refractivity contribution in [1.82, 2.24) is 15.5 Å². The van der Waals surface area contributed by atoms with Crippen LogP contribution in [0.15, 0.2) is 18.2 Å². The second-order valence-corrected chi connectivity index (χ2v) is 7.40. The number of rotatable bonds is 8. The van der Waals surface area contributed by atoms with Gasteiger partial charge < -0.3 is 15.7 Å². The molecule has 136 valence electrons. The summed E-state index contributed by atoms with van der Waals surface area (Å²) in [5, 5.41) is 16.3. The van der Waals surface area contributed by atoms with Crippen molar-refractivity contribution in [3.05, 3.63) is 34.9 Å². The summed E-state index contributed by atoms with van der Waals surface area (Å²) in [5.74, 6) is 0. The maximum Gasteiger partial charge on any atom is 0.0431 e. The first-order valence-electron chi connectivity index (χ1n) is 9.35. The van der Waals surface area contributed by atoms with Gasteiger partial charge in [0.05, 0.1) is 0 Å². The van der Waals surface area contributed by atoms with Crippen molar-refractivity contribution in [2.24, 2.45) is 0 Å². The van der Waals surface area contributed by atoms with Gasteiger partial charge >= 0.3 is 0 Å². The second kappa shape index (κ2) is 9.52. The molecule has 0 amide bonds. The Morgan fingerprint density at radius 2 is 2.17 bits per heavy atom. The Morgan fingerprint density at radius 3 is 2.83 bits per heavy atom. The van der Waals surface area contributed by atoms with Gasteiger partial charge in [-0.1, -0.05) is 23.8 Å². The summed E-state index contributed by atoms with van der Waals surface area (Å²) >= 11 is 0. The molecular weight excluding hydrogens is 298 g/mol. The lowest BCUT2D eigenvalue weighted by molar-refractivity contribution is 0.110. The van der Waals surface area contributed by atoms with Crippen molar-refractivity contribution in [2.45, 2.75) is 58.2 Å². The van der Waals surface area contributed by atoms with E-state index in [-0.39, 0.29) is 6.61 Å². The zero-order valence-corrected chi connectivity index (χ0v) is 15.8. The average molecular weight is 334 g/mol. The predicted octanol–water partition coefficient (Wildman–Crippen LogP) is 1.87. The first kappa shape index (κ1) is 19.4. The molecule has 0 bridgehead atoms. The van der Waals surface area contributed by atoms with Crippen molar-refractivity contribution < 1.29 is 5.11 Å². The number of aryl methyl sites for hydroxylation is 2. The minimum atomic E-state index is 0.290. The maximum absolute atomic E-state index is 9.16. The Bertz CT molecular complexity index is 504. The molecule has 3 N–H and O–H groups in total. The van der Waals surface area contributed by atoms with E-state index in [9.17, 15) is 0 Å².